The summed E-state index contributed by atoms with van der Waals surface area (Å²) in [5.74, 6) is 0.362. The van der Waals surface area contributed by atoms with Crippen molar-refractivity contribution in [1.82, 2.24) is 24.9 Å². The summed E-state index contributed by atoms with van der Waals surface area (Å²) < 4.78 is 1.55. The number of hydrogen-bond acceptors (Lipinski definition) is 4. The average Bonchev–Trinajstić information content (AvgIpc) is 2.67. The predicted molar refractivity (Wildman–Crippen MR) is 53.5 cm³/mol. The first-order valence-corrected chi connectivity index (χ1v) is 4.67. The lowest BCUT2D eigenvalue weighted by atomic mass is 10.2. The minimum Gasteiger partial charge on any atom is -0.352 e. The highest BCUT2D eigenvalue weighted by molar-refractivity contribution is 5.95. The van der Waals surface area contributed by atoms with Gasteiger partial charge in [0, 0.05) is 12.7 Å². The first-order valence-electron chi connectivity index (χ1n) is 4.67. The lowest BCUT2D eigenvalue weighted by Gasteiger charge is -2.05. The average molecular weight is 205 g/mol. The summed E-state index contributed by atoms with van der Waals surface area (Å²) in [5, 5.41) is 6.70. The number of hydrogen-bond donors (Lipinski definition) is 1. The molecule has 15 heavy (non-hydrogen) atoms. The third-order valence-electron chi connectivity index (χ3n) is 2.13. The zero-order chi connectivity index (χ0) is 10.8. The van der Waals surface area contributed by atoms with Gasteiger partial charge in [-0.25, -0.2) is 9.50 Å². The van der Waals surface area contributed by atoms with Crippen LogP contribution in [-0.4, -0.2) is 32.0 Å². The molecule has 1 N–H and O–H groups in total. The smallest absolute Gasteiger partial charge is 0.254 e. The molecular formula is C9H11N5O. The molecule has 2 heterocycles. The molecule has 0 saturated heterocycles. The molecule has 0 bridgehead atoms. The Labute approximate surface area is 86.3 Å². The number of aryl methyl sites for hydroxylation is 1. The van der Waals surface area contributed by atoms with Crippen molar-refractivity contribution in [3.05, 3.63) is 23.8 Å². The fourth-order valence-corrected chi connectivity index (χ4v) is 1.37. The molecule has 0 radical (unpaired) electrons. The number of carbonyl (C=O) groups is 1. The summed E-state index contributed by atoms with van der Waals surface area (Å²) in [7, 11) is 0. The van der Waals surface area contributed by atoms with Crippen LogP contribution in [0.4, 0.5) is 0 Å². The first kappa shape index (κ1) is 9.57. The van der Waals surface area contributed by atoms with Gasteiger partial charge in [0.1, 0.15) is 6.33 Å². The van der Waals surface area contributed by atoms with Gasteiger partial charge >= 0.3 is 0 Å². The fourth-order valence-electron chi connectivity index (χ4n) is 1.37. The van der Waals surface area contributed by atoms with Gasteiger partial charge < -0.3 is 5.32 Å². The van der Waals surface area contributed by atoms with Crippen molar-refractivity contribution < 1.29 is 4.79 Å². The third kappa shape index (κ3) is 1.54. The van der Waals surface area contributed by atoms with E-state index in [0.29, 0.717) is 17.9 Å². The van der Waals surface area contributed by atoms with Crippen LogP contribution in [0.1, 0.15) is 23.0 Å². The predicted octanol–water partition coefficient (Wildman–Crippen LogP) is 0.182. The Morgan fingerprint density at radius 3 is 3.07 bits per heavy atom. The molecule has 0 atom stereocenters. The van der Waals surface area contributed by atoms with Crippen molar-refractivity contribution in [3.8, 4) is 0 Å². The summed E-state index contributed by atoms with van der Waals surface area (Å²) in [6.07, 6.45) is 2.93. The largest absolute Gasteiger partial charge is 0.352 e. The van der Waals surface area contributed by atoms with Crippen LogP contribution < -0.4 is 5.32 Å². The van der Waals surface area contributed by atoms with E-state index in [4.69, 9.17) is 0 Å². The van der Waals surface area contributed by atoms with Gasteiger partial charge in [-0.3, -0.25) is 4.79 Å². The Morgan fingerprint density at radius 2 is 2.33 bits per heavy atom. The molecule has 6 heteroatoms. The van der Waals surface area contributed by atoms with Crippen LogP contribution in [0, 0.1) is 6.92 Å². The van der Waals surface area contributed by atoms with E-state index in [1.165, 1.54) is 12.5 Å². The Balaban J connectivity index is 2.52. The maximum absolute atomic E-state index is 11.6. The van der Waals surface area contributed by atoms with Crippen LogP contribution in [0.2, 0.25) is 0 Å². The van der Waals surface area contributed by atoms with E-state index < -0.39 is 0 Å². The molecule has 0 saturated carbocycles. The van der Waals surface area contributed by atoms with E-state index in [0.717, 1.165) is 5.69 Å². The zero-order valence-electron chi connectivity index (χ0n) is 8.56. The van der Waals surface area contributed by atoms with Gasteiger partial charge in [-0.15, -0.1) is 0 Å². The number of fused-ring (bicyclic) bond motifs is 1. The second kappa shape index (κ2) is 3.64. The Kier molecular flexibility index (Phi) is 2.32. The first-order chi connectivity index (χ1) is 7.24. The Morgan fingerprint density at radius 1 is 1.53 bits per heavy atom. The van der Waals surface area contributed by atoms with Gasteiger partial charge in [-0.1, -0.05) is 0 Å². The van der Waals surface area contributed by atoms with Gasteiger partial charge in [0.25, 0.3) is 11.7 Å². The molecule has 0 aromatic carbocycles. The molecular weight excluding hydrogens is 194 g/mol. The van der Waals surface area contributed by atoms with Crippen molar-refractivity contribution >= 4 is 11.7 Å². The van der Waals surface area contributed by atoms with E-state index in [1.807, 2.05) is 13.8 Å². The van der Waals surface area contributed by atoms with Crippen molar-refractivity contribution in [3.63, 3.8) is 0 Å². The van der Waals surface area contributed by atoms with Crippen molar-refractivity contribution in [2.75, 3.05) is 6.54 Å². The molecule has 0 aliphatic rings. The molecule has 0 spiro atoms. The number of amides is 1. The highest BCUT2D eigenvalue weighted by Crippen LogP contribution is 2.06. The molecule has 2 aromatic rings. The van der Waals surface area contributed by atoms with Crippen LogP contribution in [0.15, 0.2) is 12.5 Å². The van der Waals surface area contributed by atoms with Crippen molar-refractivity contribution in [2.45, 2.75) is 13.8 Å². The van der Waals surface area contributed by atoms with Crippen LogP contribution in [0.25, 0.3) is 5.78 Å². The van der Waals surface area contributed by atoms with Crippen LogP contribution in [-0.2, 0) is 0 Å². The fraction of sp³-hybridized carbons (Fsp3) is 0.333. The molecule has 0 aliphatic heterocycles. The second-order valence-electron chi connectivity index (χ2n) is 3.09. The quantitative estimate of drug-likeness (QED) is 0.759. The minimum atomic E-state index is -0.139. The van der Waals surface area contributed by atoms with Crippen LogP contribution >= 0.6 is 0 Å². The van der Waals surface area contributed by atoms with Gasteiger partial charge in [0.15, 0.2) is 0 Å². The van der Waals surface area contributed by atoms with Crippen molar-refractivity contribution in [1.29, 1.82) is 0 Å². The molecule has 6 nitrogen and oxygen atoms in total. The molecule has 0 aliphatic carbocycles. The van der Waals surface area contributed by atoms with Gasteiger partial charge in [-0.05, 0) is 13.8 Å². The number of aromatic nitrogens is 4. The number of carbonyl (C=O) groups excluding carboxylic acids is 1. The Bertz CT molecular complexity index is 504. The number of nitrogens with zero attached hydrogens (tertiary/aromatic N) is 4. The zero-order valence-corrected chi connectivity index (χ0v) is 8.56. The molecule has 2 aromatic heterocycles. The standard InChI is InChI=1S/C9H11N5O/c1-3-10-8(15)7-4-11-9-12-5-13-14(9)6(7)2/h4-5H,3H2,1-2H3,(H,10,15). The summed E-state index contributed by atoms with van der Waals surface area (Å²) in [6, 6.07) is 0. The lowest BCUT2D eigenvalue weighted by Crippen LogP contribution is -2.24. The normalized spacial score (nSPS) is 10.5. The van der Waals surface area contributed by atoms with E-state index in [2.05, 4.69) is 20.4 Å². The van der Waals surface area contributed by atoms with E-state index >= 15 is 0 Å². The Hall–Kier alpha value is -1.98. The van der Waals surface area contributed by atoms with Gasteiger partial charge in [-0.2, -0.15) is 10.1 Å². The monoisotopic (exact) mass is 205 g/mol. The highest BCUT2D eigenvalue weighted by atomic mass is 16.1. The number of nitrogens with one attached hydrogen (secondary N) is 1. The molecule has 1 amide bonds. The summed E-state index contributed by atoms with van der Waals surface area (Å²) in [5.41, 5.74) is 1.26. The summed E-state index contributed by atoms with van der Waals surface area (Å²) >= 11 is 0. The van der Waals surface area contributed by atoms with Gasteiger partial charge in [0.05, 0.1) is 11.3 Å². The third-order valence-corrected chi connectivity index (χ3v) is 2.13. The van der Waals surface area contributed by atoms with Crippen molar-refractivity contribution in [2.24, 2.45) is 0 Å². The van der Waals surface area contributed by atoms with Crippen LogP contribution in [0.5, 0.6) is 0 Å². The highest BCUT2D eigenvalue weighted by Gasteiger charge is 2.12. The molecule has 0 fully saturated rings. The van der Waals surface area contributed by atoms with E-state index in [-0.39, 0.29) is 5.91 Å². The summed E-state index contributed by atoms with van der Waals surface area (Å²) in [4.78, 5) is 19.6. The minimum absolute atomic E-state index is 0.139. The molecule has 78 valence electrons. The number of rotatable bonds is 2. The maximum atomic E-state index is 11.6. The topological polar surface area (TPSA) is 72.2 Å². The van der Waals surface area contributed by atoms with E-state index in [9.17, 15) is 4.79 Å². The van der Waals surface area contributed by atoms with Gasteiger partial charge in [0.2, 0.25) is 0 Å². The summed E-state index contributed by atoms with van der Waals surface area (Å²) in [6.45, 7) is 4.27. The second-order valence-corrected chi connectivity index (χ2v) is 3.09. The SMILES string of the molecule is CCNC(=O)c1cnc2ncnn2c1C. The van der Waals surface area contributed by atoms with E-state index in [1.54, 1.807) is 4.52 Å². The molecule has 0 unspecified atom stereocenters. The maximum Gasteiger partial charge on any atom is 0.254 e. The molecule has 2 rings (SSSR count). The lowest BCUT2D eigenvalue weighted by molar-refractivity contribution is 0.0954. The van der Waals surface area contributed by atoms with Crippen LogP contribution in [0.3, 0.4) is 0 Å².